The molecule has 0 bridgehead atoms. The molecule has 9 heteroatoms. The molecule has 1 unspecified atom stereocenters. The number of nitriles is 1. The lowest BCUT2D eigenvalue weighted by atomic mass is 10.0. The third-order valence-corrected chi connectivity index (χ3v) is 6.43. The van der Waals surface area contributed by atoms with Crippen LogP contribution in [0.5, 0.6) is 11.5 Å². The van der Waals surface area contributed by atoms with Crippen molar-refractivity contribution in [3.63, 3.8) is 0 Å². The molecule has 0 aliphatic carbocycles. The molecule has 4 rings (SSSR count). The molecule has 8 nitrogen and oxygen atoms in total. The van der Waals surface area contributed by atoms with Gasteiger partial charge in [-0.15, -0.1) is 4.99 Å². The average Bonchev–Trinajstić information content (AvgIpc) is 3.45. The number of guanidine groups is 1. The first-order valence-electron chi connectivity index (χ1n) is 12.7. The molecule has 196 valence electrons. The van der Waals surface area contributed by atoms with Crippen LogP contribution in [0.15, 0.2) is 83.9 Å². The molecule has 3 N–H and O–H groups in total. The second kappa shape index (κ2) is 14.0. The van der Waals surface area contributed by atoms with Crippen molar-refractivity contribution in [2.24, 2.45) is 4.99 Å². The molecule has 0 aromatic heterocycles. The van der Waals surface area contributed by atoms with Gasteiger partial charge in [-0.1, -0.05) is 41.9 Å². The molecular formula is C29H31ClN6O2. The fraction of sp³-hybridized carbons (Fsp3) is 0.276. The van der Waals surface area contributed by atoms with Crippen molar-refractivity contribution in [3.8, 4) is 17.7 Å². The summed E-state index contributed by atoms with van der Waals surface area (Å²) in [7, 11) is 0. The SMILES string of the molecule is N#C/N=C(\Nc1ccc(Oc2ccc(Cl)cc2)cc1)NC(CC(=O)NCCN1CCCC1)c1ccccc1. The van der Waals surface area contributed by atoms with Crippen molar-refractivity contribution in [3.05, 3.63) is 89.4 Å². The number of carbonyl (C=O) groups excluding carboxylic acids is 1. The number of anilines is 1. The summed E-state index contributed by atoms with van der Waals surface area (Å²) in [6, 6.07) is 23.7. The molecule has 1 fully saturated rings. The first-order valence-corrected chi connectivity index (χ1v) is 13.0. The Labute approximate surface area is 228 Å². The quantitative estimate of drug-likeness (QED) is 0.186. The van der Waals surface area contributed by atoms with Crippen LogP contribution in [-0.4, -0.2) is 42.9 Å². The monoisotopic (exact) mass is 530 g/mol. The molecule has 1 atom stereocenters. The first-order chi connectivity index (χ1) is 18.6. The number of hydrogen-bond donors (Lipinski definition) is 3. The highest BCUT2D eigenvalue weighted by atomic mass is 35.5. The van der Waals surface area contributed by atoms with Crippen LogP contribution in [-0.2, 0) is 4.79 Å². The van der Waals surface area contributed by atoms with Gasteiger partial charge < -0.3 is 25.6 Å². The number of rotatable bonds is 10. The van der Waals surface area contributed by atoms with Gasteiger partial charge >= 0.3 is 0 Å². The van der Waals surface area contributed by atoms with Gasteiger partial charge in [0.15, 0.2) is 0 Å². The maximum absolute atomic E-state index is 12.8. The number of likely N-dealkylation sites (tertiary alicyclic amines) is 1. The van der Waals surface area contributed by atoms with E-state index < -0.39 is 0 Å². The highest BCUT2D eigenvalue weighted by molar-refractivity contribution is 6.30. The highest BCUT2D eigenvalue weighted by Gasteiger charge is 2.19. The van der Waals surface area contributed by atoms with Crippen LogP contribution >= 0.6 is 11.6 Å². The van der Waals surface area contributed by atoms with Gasteiger partial charge in [-0.2, -0.15) is 5.26 Å². The van der Waals surface area contributed by atoms with Crippen LogP contribution in [0.1, 0.15) is 30.9 Å². The third kappa shape index (κ3) is 8.51. The lowest BCUT2D eigenvalue weighted by Gasteiger charge is -2.22. The number of amides is 1. The summed E-state index contributed by atoms with van der Waals surface area (Å²) < 4.78 is 5.84. The Balaban J connectivity index is 1.38. The predicted octanol–water partition coefficient (Wildman–Crippen LogP) is 5.31. The first kappa shape index (κ1) is 27.0. The van der Waals surface area contributed by atoms with Crippen molar-refractivity contribution in [2.75, 3.05) is 31.5 Å². The third-order valence-electron chi connectivity index (χ3n) is 6.18. The molecule has 0 spiro atoms. The van der Waals surface area contributed by atoms with Crippen molar-refractivity contribution >= 4 is 29.2 Å². The summed E-state index contributed by atoms with van der Waals surface area (Å²) in [6.07, 6.45) is 4.48. The summed E-state index contributed by atoms with van der Waals surface area (Å²) in [5, 5.41) is 19.3. The van der Waals surface area contributed by atoms with Gasteiger partial charge in [0.05, 0.1) is 12.5 Å². The summed E-state index contributed by atoms with van der Waals surface area (Å²) in [6.45, 7) is 3.66. The zero-order valence-corrected chi connectivity index (χ0v) is 21.8. The standard InChI is InChI=1S/C29H31ClN6O2/c30-23-8-12-25(13-9-23)38-26-14-10-24(11-15-26)34-29(33-21-31)35-27(22-6-2-1-3-7-22)20-28(37)32-16-19-36-17-4-5-18-36/h1-3,6-15,27H,4-5,16-20H2,(H,32,37)(H2,33,34,35). The number of benzene rings is 3. The Bertz CT molecular complexity index is 1240. The lowest BCUT2D eigenvalue weighted by Crippen LogP contribution is -2.39. The van der Waals surface area contributed by atoms with E-state index in [1.807, 2.05) is 60.8 Å². The largest absolute Gasteiger partial charge is 0.457 e. The van der Waals surface area contributed by atoms with E-state index in [1.54, 1.807) is 24.3 Å². The van der Waals surface area contributed by atoms with Gasteiger partial charge in [0, 0.05) is 23.8 Å². The zero-order chi connectivity index (χ0) is 26.6. The maximum atomic E-state index is 12.8. The van der Waals surface area contributed by atoms with Crippen LogP contribution in [0.4, 0.5) is 5.69 Å². The van der Waals surface area contributed by atoms with Gasteiger partial charge in [0.2, 0.25) is 18.1 Å². The van der Waals surface area contributed by atoms with Crippen LogP contribution in [0.3, 0.4) is 0 Å². The molecule has 1 saturated heterocycles. The van der Waals surface area contributed by atoms with E-state index in [4.69, 9.17) is 16.3 Å². The predicted molar refractivity (Wildman–Crippen MR) is 150 cm³/mol. The van der Waals surface area contributed by atoms with Crippen LogP contribution in [0, 0.1) is 11.5 Å². The topological polar surface area (TPSA) is 102 Å². The van der Waals surface area contributed by atoms with Gasteiger partial charge in [-0.3, -0.25) is 4.79 Å². The van der Waals surface area contributed by atoms with Crippen molar-refractivity contribution in [2.45, 2.75) is 25.3 Å². The summed E-state index contributed by atoms with van der Waals surface area (Å²) in [4.78, 5) is 19.1. The van der Waals surface area contributed by atoms with E-state index in [1.165, 1.54) is 12.8 Å². The van der Waals surface area contributed by atoms with E-state index in [9.17, 15) is 10.1 Å². The van der Waals surface area contributed by atoms with Gasteiger partial charge in [0.25, 0.3) is 0 Å². The highest BCUT2D eigenvalue weighted by Crippen LogP contribution is 2.24. The Kier molecular flexibility index (Phi) is 9.96. The summed E-state index contributed by atoms with van der Waals surface area (Å²) in [5.41, 5.74) is 1.62. The number of nitrogens with one attached hydrogen (secondary N) is 3. The smallest absolute Gasteiger partial charge is 0.222 e. The molecule has 0 radical (unpaired) electrons. The molecule has 1 aliphatic rings. The fourth-order valence-electron chi connectivity index (χ4n) is 4.25. The van der Waals surface area contributed by atoms with Crippen molar-refractivity contribution in [1.29, 1.82) is 5.26 Å². The van der Waals surface area contributed by atoms with E-state index in [-0.39, 0.29) is 24.3 Å². The average molecular weight is 531 g/mol. The Morgan fingerprint density at radius 1 is 1.00 bits per heavy atom. The molecule has 1 heterocycles. The Morgan fingerprint density at radius 3 is 2.32 bits per heavy atom. The van der Waals surface area contributed by atoms with Gasteiger partial charge in [-0.05, 0) is 80.0 Å². The number of aliphatic imine (C=N–C) groups is 1. The summed E-state index contributed by atoms with van der Waals surface area (Å²) in [5.74, 6) is 1.51. The van der Waals surface area contributed by atoms with E-state index in [2.05, 4.69) is 25.8 Å². The van der Waals surface area contributed by atoms with E-state index in [0.29, 0.717) is 28.8 Å². The number of hydrogen-bond acceptors (Lipinski definition) is 5. The van der Waals surface area contributed by atoms with Gasteiger partial charge in [0.1, 0.15) is 11.5 Å². The van der Waals surface area contributed by atoms with Crippen LogP contribution in [0.2, 0.25) is 5.02 Å². The molecule has 0 saturated carbocycles. The minimum Gasteiger partial charge on any atom is -0.457 e. The summed E-state index contributed by atoms with van der Waals surface area (Å²) >= 11 is 5.93. The minimum absolute atomic E-state index is 0.0643. The van der Waals surface area contributed by atoms with E-state index in [0.717, 1.165) is 25.2 Å². The molecule has 1 amide bonds. The number of nitrogens with zero attached hydrogens (tertiary/aromatic N) is 3. The van der Waals surface area contributed by atoms with Gasteiger partial charge in [-0.25, -0.2) is 0 Å². The normalized spacial score (nSPS) is 14.4. The van der Waals surface area contributed by atoms with Crippen molar-refractivity contribution < 1.29 is 9.53 Å². The van der Waals surface area contributed by atoms with Crippen LogP contribution in [0.25, 0.3) is 0 Å². The number of carbonyl (C=O) groups is 1. The number of ether oxygens (including phenoxy) is 1. The number of halogens is 1. The Hall–Kier alpha value is -4.06. The molecule has 38 heavy (non-hydrogen) atoms. The second-order valence-electron chi connectivity index (χ2n) is 8.98. The molecule has 3 aromatic carbocycles. The molecular weight excluding hydrogens is 500 g/mol. The Morgan fingerprint density at radius 2 is 1.66 bits per heavy atom. The minimum atomic E-state index is -0.380. The fourth-order valence-corrected chi connectivity index (χ4v) is 4.37. The molecule has 3 aromatic rings. The lowest BCUT2D eigenvalue weighted by molar-refractivity contribution is -0.121. The maximum Gasteiger partial charge on any atom is 0.222 e. The molecule has 1 aliphatic heterocycles. The van der Waals surface area contributed by atoms with Crippen LogP contribution < -0.4 is 20.7 Å². The van der Waals surface area contributed by atoms with Crippen molar-refractivity contribution in [1.82, 2.24) is 15.5 Å². The zero-order valence-electron chi connectivity index (χ0n) is 21.1. The van der Waals surface area contributed by atoms with E-state index >= 15 is 0 Å². The second-order valence-corrected chi connectivity index (χ2v) is 9.41.